The summed E-state index contributed by atoms with van der Waals surface area (Å²) in [6.45, 7) is 7.39. The zero-order valence-corrected chi connectivity index (χ0v) is 12.3. The van der Waals surface area contributed by atoms with E-state index in [-0.39, 0.29) is 16.2 Å². The van der Waals surface area contributed by atoms with Gasteiger partial charge in [0.1, 0.15) is 0 Å². The summed E-state index contributed by atoms with van der Waals surface area (Å²) in [5, 5.41) is -0.102. The average Bonchev–Trinajstić information content (AvgIpc) is 2.28. The molecule has 1 aromatic carbocycles. The Morgan fingerprint density at radius 3 is 1.40 bits per heavy atom. The SMILES string of the molecule is CC.CC(C)Sc1cc(C(F)(F)F)cc(C(F)(F)F)c1. The second-order valence-corrected chi connectivity index (χ2v) is 5.56. The molecule has 0 nitrogen and oxygen atoms in total. The van der Waals surface area contributed by atoms with E-state index in [1.807, 2.05) is 13.8 Å². The second-order valence-electron chi connectivity index (χ2n) is 3.91. The summed E-state index contributed by atoms with van der Waals surface area (Å²) >= 11 is 0.959. The number of alkyl halides is 6. The van der Waals surface area contributed by atoms with Gasteiger partial charge in [-0.05, 0) is 18.2 Å². The molecule has 7 heteroatoms. The predicted octanol–water partition coefficient (Wildman–Crippen LogP) is 6.25. The Morgan fingerprint density at radius 2 is 1.15 bits per heavy atom. The fourth-order valence-corrected chi connectivity index (χ4v) is 2.20. The van der Waals surface area contributed by atoms with E-state index >= 15 is 0 Å². The van der Waals surface area contributed by atoms with E-state index in [1.165, 1.54) is 0 Å². The fraction of sp³-hybridized carbons (Fsp3) is 0.538. The third-order valence-corrected chi connectivity index (χ3v) is 2.91. The van der Waals surface area contributed by atoms with Crippen molar-refractivity contribution in [1.82, 2.24) is 0 Å². The summed E-state index contributed by atoms with van der Waals surface area (Å²) in [4.78, 5) is -0.0350. The summed E-state index contributed by atoms with van der Waals surface area (Å²) in [7, 11) is 0. The number of hydrogen-bond donors (Lipinski definition) is 0. The highest BCUT2D eigenvalue weighted by Gasteiger charge is 2.36. The van der Waals surface area contributed by atoms with Crippen molar-refractivity contribution in [1.29, 1.82) is 0 Å². The van der Waals surface area contributed by atoms with Crippen LogP contribution in [0.3, 0.4) is 0 Å². The molecule has 0 saturated heterocycles. The van der Waals surface area contributed by atoms with Gasteiger partial charge in [0, 0.05) is 10.1 Å². The van der Waals surface area contributed by atoms with Crippen LogP contribution >= 0.6 is 11.8 Å². The Bertz CT molecular complexity index is 388. The molecule has 1 rings (SSSR count). The molecule has 0 aromatic heterocycles. The molecular formula is C13H16F6S. The van der Waals surface area contributed by atoms with Gasteiger partial charge in [-0.1, -0.05) is 27.7 Å². The third kappa shape index (κ3) is 6.07. The van der Waals surface area contributed by atoms with Crippen molar-refractivity contribution in [3.05, 3.63) is 29.3 Å². The van der Waals surface area contributed by atoms with Crippen LogP contribution in [0, 0.1) is 0 Å². The molecule has 0 aliphatic rings. The van der Waals surface area contributed by atoms with Gasteiger partial charge in [0.25, 0.3) is 0 Å². The minimum absolute atomic E-state index is 0.0350. The maximum atomic E-state index is 12.5. The van der Waals surface area contributed by atoms with E-state index < -0.39 is 23.5 Å². The van der Waals surface area contributed by atoms with E-state index in [0.29, 0.717) is 0 Å². The molecule has 0 bridgehead atoms. The van der Waals surface area contributed by atoms with Gasteiger partial charge in [0.15, 0.2) is 0 Å². The molecule has 0 N–H and O–H groups in total. The number of thioether (sulfide) groups is 1. The molecule has 0 unspecified atom stereocenters. The lowest BCUT2D eigenvalue weighted by atomic mass is 10.1. The molecule has 0 amide bonds. The number of benzene rings is 1. The first-order valence-corrected chi connectivity index (χ1v) is 6.84. The van der Waals surface area contributed by atoms with Crippen molar-refractivity contribution in [2.24, 2.45) is 0 Å². The Morgan fingerprint density at radius 1 is 0.800 bits per heavy atom. The minimum atomic E-state index is -4.78. The first-order valence-electron chi connectivity index (χ1n) is 5.96. The maximum absolute atomic E-state index is 12.5. The molecule has 0 saturated carbocycles. The Balaban J connectivity index is 0.00000172. The summed E-state index contributed by atoms with van der Waals surface area (Å²) in [6.07, 6.45) is -9.57. The molecule has 116 valence electrons. The molecular weight excluding hydrogens is 302 g/mol. The first-order chi connectivity index (χ1) is 9.00. The monoisotopic (exact) mass is 318 g/mol. The highest BCUT2D eigenvalue weighted by atomic mass is 32.2. The van der Waals surface area contributed by atoms with Crippen LogP contribution in [0.5, 0.6) is 0 Å². The lowest BCUT2D eigenvalue weighted by Gasteiger charge is -2.14. The first kappa shape index (κ1) is 19.1. The van der Waals surface area contributed by atoms with E-state index in [1.54, 1.807) is 13.8 Å². The van der Waals surface area contributed by atoms with Gasteiger partial charge in [0.2, 0.25) is 0 Å². The number of rotatable bonds is 2. The van der Waals surface area contributed by atoms with Gasteiger partial charge >= 0.3 is 12.4 Å². The van der Waals surface area contributed by atoms with Crippen LogP contribution in [-0.2, 0) is 12.4 Å². The third-order valence-electron chi connectivity index (χ3n) is 1.93. The zero-order chi connectivity index (χ0) is 16.1. The van der Waals surface area contributed by atoms with Gasteiger partial charge in [-0.3, -0.25) is 0 Å². The van der Waals surface area contributed by atoms with Crippen molar-refractivity contribution in [2.75, 3.05) is 0 Å². The van der Waals surface area contributed by atoms with Gasteiger partial charge in [-0.25, -0.2) is 0 Å². The predicted molar refractivity (Wildman–Crippen MR) is 68.8 cm³/mol. The van der Waals surface area contributed by atoms with E-state index in [4.69, 9.17) is 0 Å². The van der Waals surface area contributed by atoms with Crippen LogP contribution in [0.25, 0.3) is 0 Å². The quantitative estimate of drug-likeness (QED) is 0.459. The average molecular weight is 318 g/mol. The smallest absolute Gasteiger partial charge is 0.166 e. The molecule has 0 spiro atoms. The maximum Gasteiger partial charge on any atom is 0.416 e. The van der Waals surface area contributed by atoms with Crippen LogP contribution in [0.4, 0.5) is 26.3 Å². The molecule has 0 aliphatic carbocycles. The van der Waals surface area contributed by atoms with E-state index in [0.717, 1.165) is 23.9 Å². The lowest BCUT2D eigenvalue weighted by Crippen LogP contribution is -2.11. The van der Waals surface area contributed by atoms with Crippen molar-refractivity contribution >= 4 is 11.8 Å². The highest BCUT2D eigenvalue weighted by molar-refractivity contribution is 7.99. The van der Waals surface area contributed by atoms with Gasteiger partial charge < -0.3 is 0 Å². The van der Waals surface area contributed by atoms with Gasteiger partial charge in [0.05, 0.1) is 11.1 Å². The van der Waals surface area contributed by atoms with Crippen LogP contribution in [0.15, 0.2) is 23.1 Å². The van der Waals surface area contributed by atoms with Crippen LogP contribution in [-0.4, -0.2) is 5.25 Å². The molecule has 0 fully saturated rings. The number of halogens is 6. The summed E-state index contributed by atoms with van der Waals surface area (Å²) in [5.41, 5.74) is -2.55. The normalized spacial score (nSPS) is 12.2. The summed E-state index contributed by atoms with van der Waals surface area (Å²) in [5.74, 6) is 0. The topological polar surface area (TPSA) is 0 Å². The van der Waals surface area contributed by atoms with Crippen LogP contribution in [0.1, 0.15) is 38.8 Å². The summed E-state index contributed by atoms with van der Waals surface area (Å²) < 4.78 is 75.0. The van der Waals surface area contributed by atoms with E-state index in [9.17, 15) is 26.3 Å². The largest absolute Gasteiger partial charge is 0.416 e. The molecule has 0 atom stereocenters. The van der Waals surface area contributed by atoms with Crippen molar-refractivity contribution < 1.29 is 26.3 Å². The number of hydrogen-bond acceptors (Lipinski definition) is 1. The molecule has 0 aliphatic heterocycles. The lowest BCUT2D eigenvalue weighted by molar-refractivity contribution is -0.143. The Kier molecular flexibility index (Phi) is 6.93. The molecule has 1 aromatic rings. The van der Waals surface area contributed by atoms with Crippen LogP contribution in [0.2, 0.25) is 0 Å². The molecule has 0 radical (unpaired) electrons. The van der Waals surface area contributed by atoms with Gasteiger partial charge in [-0.2, -0.15) is 26.3 Å². The fourth-order valence-electron chi connectivity index (χ4n) is 1.27. The summed E-state index contributed by atoms with van der Waals surface area (Å²) in [6, 6.07) is 1.60. The Labute approximate surface area is 118 Å². The van der Waals surface area contributed by atoms with Crippen molar-refractivity contribution in [3.63, 3.8) is 0 Å². The standard InChI is InChI=1S/C11H10F6S.C2H6/c1-6(2)18-9-4-7(10(12,13)14)3-8(5-9)11(15,16)17;1-2/h3-6H,1-2H3;1-2H3. The van der Waals surface area contributed by atoms with E-state index in [2.05, 4.69) is 0 Å². The van der Waals surface area contributed by atoms with Crippen LogP contribution < -0.4 is 0 Å². The second kappa shape index (κ2) is 7.24. The zero-order valence-electron chi connectivity index (χ0n) is 11.5. The molecule has 20 heavy (non-hydrogen) atoms. The van der Waals surface area contributed by atoms with Gasteiger partial charge in [-0.15, -0.1) is 11.8 Å². The Hall–Kier alpha value is -0.850. The molecule has 0 heterocycles. The van der Waals surface area contributed by atoms with Crippen molar-refractivity contribution in [2.45, 2.75) is 50.2 Å². The highest BCUT2D eigenvalue weighted by Crippen LogP contribution is 2.38. The van der Waals surface area contributed by atoms with Crippen molar-refractivity contribution in [3.8, 4) is 0 Å². The minimum Gasteiger partial charge on any atom is -0.166 e.